The number of likely N-dealkylation sites (tertiary alicyclic amines) is 1. The van der Waals surface area contributed by atoms with Gasteiger partial charge in [0.25, 0.3) is 0 Å². The van der Waals surface area contributed by atoms with Crippen molar-refractivity contribution < 1.29 is 14.0 Å². The summed E-state index contributed by atoms with van der Waals surface area (Å²) in [7, 11) is 0. The monoisotopic (exact) mass is 366 g/mol. The largest absolute Gasteiger partial charge is 0.342 e. The minimum Gasteiger partial charge on any atom is -0.342 e. The van der Waals surface area contributed by atoms with Gasteiger partial charge in [0.05, 0.1) is 5.92 Å². The van der Waals surface area contributed by atoms with Crippen molar-refractivity contribution >= 4 is 17.5 Å². The van der Waals surface area contributed by atoms with E-state index in [0.29, 0.717) is 12.2 Å². The lowest BCUT2D eigenvalue weighted by molar-refractivity contribution is -0.135. The Morgan fingerprint density at radius 3 is 2.44 bits per heavy atom. The first-order valence-electron chi connectivity index (χ1n) is 9.56. The van der Waals surface area contributed by atoms with Crippen molar-refractivity contribution in [2.24, 2.45) is 11.8 Å². The molecule has 1 aliphatic carbocycles. The Kier molecular flexibility index (Phi) is 4.92. The number of halogens is 1. The molecule has 1 aliphatic heterocycles. The van der Waals surface area contributed by atoms with Crippen molar-refractivity contribution in [3.05, 3.63) is 54.3 Å². The van der Waals surface area contributed by atoms with E-state index in [1.807, 2.05) is 35.2 Å². The van der Waals surface area contributed by atoms with Gasteiger partial charge < -0.3 is 10.2 Å². The topological polar surface area (TPSA) is 49.4 Å². The van der Waals surface area contributed by atoms with Crippen LogP contribution in [-0.2, 0) is 9.59 Å². The summed E-state index contributed by atoms with van der Waals surface area (Å²) in [6, 6.07) is 13.8. The third-order valence-corrected chi connectivity index (χ3v) is 5.34. The van der Waals surface area contributed by atoms with Crippen molar-refractivity contribution in [2.45, 2.75) is 25.7 Å². The summed E-state index contributed by atoms with van der Waals surface area (Å²) < 4.78 is 13.4. The highest BCUT2D eigenvalue weighted by Crippen LogP contribution is 2.32. The zero-order valence-electron chi connectivity index (χ0n) is 15.2. The van der Waals surface area contributed by atoms with Crippen molar-refractivity contribution in [3.63, 3.8) is 0 Å². The Bertz CT molecular complexity index is 846. The number of amides is 2. The van der Waals surface area contributed by atoms with Gasteiger partial charge in [-0.15, -0.1) is 0 Å². The third kappa shape index (κ3) is 4.18. The van der Waals surface area contributed by atoms with E-state index in [9.17, 15) is 14.0 Å². The van der Waals surface area contributed by atoms with Gasteiger partial charge in [0.15, 0.2) is 0 Å². The predicted octanol–water partition coefficient (Wildman–Crippen LogP) is 4.08. The molecule has 1 heterocycles. The molecule has 2 aromatic carbocycles. The number of carbonyl (C=O) groups excluding carboxylic acids is 2. The molecule has 140 valence electrons. The normalized spacial score (nSPS) is 19.6. The molecule has 0 radical (unpaired) electrons. The molecule has 2 fully saturated rings. The molecule has 27 heavy (non-hydrogen) atoms. The van der Waals surface area contributed by atoms with Crippen LogP contribution in [0.15, 0.2) is 48.5 Å². The first-order valence-corrected chi connectivity index (χ1v) is 9.56. The van der Waals surface area contributed by atoms with Crippen LogP contribution in [0, 0.1) is 17.7 Å². The standard InChI is InChI=1S/C22H23FN2O2/c23-19-5-1-3-17(13-19)15-8-10-20(11-9-15)24-21(26)18-4-2-12-25(14-18)22(27)16-6-7-16/h1,3,5,8-11,13,16,18H,2,4,6-7,12,14H2,(H,24,26)/t18-/m1/s1. The van der Waals surface area contributed by atoms with Crippen molar-refractivity contribution in [1.82, 2.24) is 4.90 Å². The quantitative estimate of drug-likeness (QED) is 0.886. The molecule has 2 aliphatic rings. The van der Waals surface area contributed by atoms with Gasteiger partial charge in [-0.25, -0.2) is 4.39 Å². The Hall–Kier alpha value is -2.69. The van der Waals surface area contributed by atoms with Crippen LogP contribution in [-0.4, -0.2) is 29.8 Å². The van der Waals surface area contributed by atoms with Crippen LogP contribution < -0.4 is 5.32 Å². The molecule has 0 unspecified atom stereocenters. The van der Waals surface area contributed by atoms with E-state index in [0.717, 1.165) is 43.4 Å². The minimum absolute atomic E-state index is 0.0400. The Morgan fingerprint density at radius 1 is 0.963 bits per heavy atom. The van der Waals surface area contributed by atoms with Crippen LogP contribution in [0.5, 0.6) is 0 Å². The average molecular weight is 366 g/mol. The SMILES string of the molecule is O=C(Nc1ccc(-c2cccc(F)c2)cc1)[C@@H]1CCCN(C(=O)C2CC2)C1. The van der Waals surface area contributed by atoms with E-state index >= 15 is 0 Å². The molecule has 0 aromatic heterocycles. The number of anilines is 1. The summed E-state index contributed by atoms with van der Waals surface area (Å²) in [5.41, 5.74) is 2.41. The number of benzene rings is 2. The molecule has 1 saturated carbocycles. The van der Waals surface area contributed by atoms with E-state index in [4.69, 9.17) is 0 Å². The summed E-state index contributed by atoms with van der Waals surface area (Å²) in [4.78, 5) is 26.7. The van der Waals surface area contributed by atoms with Gasteiger partial charge in [0, 0.05) is 24.7 Å². The van der Waals surface area contributed by atoms with Crippen LogP contribution in [0.25, 0.3) is 11.1 Å². The Balaban J connectivity index is 1.38. The molecule has 2 amide bonds. The van der Waals surface area contributed by atoms with Gasteiger partial charge in [-0.05, 0) is 61.1 Å². The second kappa shape index (κ2) is 7.51. The molecule has 4 rings (SSSR count). The van der Waals surface area contributed by atoms with Crippen molar-refractivity contribution in [2.75, 3.05) is 18.4 Å². The van der Waals surface area contributed by atoms with Crippen molar-refractivity contribution in [3.8, 4) is 11.1 Å². The average Bonchev–Trinajstić information content (AvgIpc) is 3.53. The molecule has 0 spiro atoms. The number of piperidine rings is 1. The molecule has 1 N–H and O–H groups in total. The zero-order chi connectivity index (χ0) is 18.8. The van der Waals surface area contributed by atoms with Crippen LogP contribution in [0.1, 0.15) is 25.7 Å². The Morgan fingerprint density at radius 2 is 1.74 bits per heavy atom. The molecule has 1 saturated heterocycles. The molecular formula is C22H23FN2O2. The highest BCUT2D eigenvalue weighted by molar-refractivity contribution is 5.93. The maximum absolute atomic E-state index is 13.4. The molecular weight excluding hydrogens is 343 g/mol. The smallest absolute Gasteiger partial charge is 0.229 e. The van der Waals surface area contributed by atoms with Crippen LogP contribution in [0.2, 0.25) is 0 Å². The maximum atomic E-state index is 13.4. The van der Waals surface area contributed by atoms with E-state index < -0.39 is 0 Å². The summed E-state index contributed by atoms with van der Waals surface area (Å²) in [5.74, 6) is -0.0623. The zero-order valence-corrected chi connectivity index (χ0v) is 15.2. The number of nitrogens with zero attached hydrogens (tertiary/aromatic N) is 1. The molecule has 0 bridgehead atoms. The lowest BCUT2D eigenvalue weighted by Crippen LogP contribution is -2.44. The van der Waals surface area contributed by atoms with E-state index in [2.05, 4.69) is 5.32 Å². The summed E-state index contributed by atoms with van der Waals surface area (Å²) in [6.07, 6.45) is 3.66. The lowest BCUT2D eigenvalue weighted by Gasteiger charge is -2.32. The number of hydrogen-bond donors (Lipinski definition) is 1. The van der Waals surface area contributed by atoms with Crippen molar-refractivity contribution in [1.29, 1.82) is 0 Å². The van der Waals surface area contributed by atoms with Gasteiger partial charge in [0.2, 0.25) is 11.8 Å². The number of hydrogen-bond acceptors (Lipinski definition) is 2. The summed E-state index contributed by atoms with van der Waals surface area (Å²) >= 11 is 0. The van der Waals surface area contributed by atoms with E-state index in [1.54, 1.807) is 6.07 Å². The molecule has 5 heteroatoms. The third-order valence-electron chi connectivity index (χ3n) is 5.34. The highest BCUT2D eigenvalue weighted by atomic mass is 19.1. The maximum Gasteiger partial charge on any atom is 0.229 e. The van der Waals surface area contributed by atoms with Gasteiger partial charge in [-0.1, -0.05) is 24.3 Å². The van der Waals surface area contributed by atoms with Gasteiger partial charge in [0.1, 0.15) is 5.82 Å². The molecule has 2 aromatic rings. The molecule has 1 atom stereocenters. The van der Waals surface area contributed by atoms with E-state index in [1.165, 1.54) is 12.1 Å². The fourth-order valence-corrected chi connectivity index (χ4v) is 3.64. The first-order chi connectivity index (χ1) is 13.1. The summed E-state index contributed by atoms with van der Waals surface area (Å²) in [5, 5.41) is 2.96. The molecule has 4 nitrogen and oxygen atoms in total. The lowest BCUT2D eigenvalue weighted by atomic mass is 9.96. The fraction of sp³-hybridized carbons (Fsp3) is 0.364. The minimum atomic E-state index is -0.271. The van der Waals surface area contributed by atoms with Gasteiger partial charge >= 0.3 is 0 Å². The highest BCUT2D eigenvalue weighted by Gasteiger charge is 2.36. The fourth-order valence-electron chi connectivity index (χ4n) is 3.64. The summed E-state index contributed by atoms with van der Waals surface area (Å²) in [6.45, 7) is 1.28. The van der Waals surface area contributed by atoms with E-state index in [-0.39, 0.29) is 29.5 Å². The Labute approximate surface area is 158 Å². The second-order valence-electron chi connectivity index (χ2n) is 7.47. The van der Waals surface area contributed by atoms with Gasteiger partial charge in [-0.3, -0.25) is 9.59 Å². The number of nitrogens with one attached hydrogen (secondary N) is 1. The predicted molar refractivity (Wildman–Crippen MR) is 102 cm³/mol. The van der Waals surface area contributed by atoms with Crippen LogP contribution >= 0.6 is 0 Å². The number of carbonyl (C=O) groups is 2. The second-order valence-corrected chi connectivity index (χ2v) is 7.47. The van der Waals surface area contributed by atoms with Crippen LogP contribution in [0.3, 0.4) is 0 Å². The van der Waals surface area contributed by atoms with Gasteiger partial charge in [-0.2, -0.15) is 0 Å². The first kappa shape index (κ1) is 17.7. The number of rotatable bonds is 4. The van der Waals surface area contributed by atoms with Crippen LogP contribution in [0.4, 0.5) is 10.1 Å².